The van der Waals surface area contributed by atoms with E-state index in [1.54, 1.807) is 19.2 Å². The minimum atomic E-state index is -3.45. The lowest BCUT2D eigenvalue weighted by atomic mass is 10.3. The Bertz CT molecular complexity index is 678. The summed E-state index contributed by atoms with van der Waals surface area (Å²) in [5, 5.41) is 0. The van der Waals surface area contributed by atoms with Gasteiger partial charge in [0.2, 0.25) is 0 Å². The summed E-state index contributed by atoms with van der Waals surface area (Å²) in [5.74, 6) is 0. The van der Waals surface area contributed by atoms with Gasteiger partial charge in [-0.15, -0.1) is 22.7 Å². The highest BCUT2D eigenvalue weighted by Crippen LogP contribution is 2.27. The third-order valence-electron chi connectivity index (χ3n) is 2.70. The fourth-order valence-corrected chi connectivity index (χ4v) is 5.62. The molecule has 0 bridgehead atoms. The first-order chi connectivity index (χ1) is 9.43. The molecule has 0 aliphatic heterocycles. The molecule has 2 N–H and O–H groups in total. The van der Waals surface area contributed by atoms with Crippen LogP contribution >= 0.6 is 34.3 Å². The minimum absolute atomic E-state index is 0.323. The summed E-state index contributed by atoms with van der Waals surface area (Å²) in [6, 6.07) is 7.07. The van der Waals surface area contributed by atoms with Crippen LogP contribution in [-0.2, 0) is 23.0 Å². The molecule has 2 heterocycles. The molecule has 0 fully saturated rings. The van der Waals surface area contributed by atoms with E-state index < -0.39 is 10.0 Å². The van der Waals surface area contributed by atoms with Crippen LogP contribution in [0.25, 0.3) is 0 Å². The second kappa shape index (κ2) is 6.55. The maximum Gasteiger partial charge on any atom is 0.252 e. The van der Waals surface area contributed by atoms with E-state index >= 15 is 0 Å². The Balaban J connectivity index is 2.15. The maximum atomic E-state index is 12.4. The molecule has 110 valence electrons. The van der Waals surface area contributed by atoms with Crippen LogP contribution < -0.4 is 5.73 Å². The van der Waals surface area contributed by atoms with Crippen LogP contribution in [0.2, 0.25) is 4.34 Å². The Labute approximate surface area is 131 Å². The van der Waals surface area contributed by atoms with Gasteiger partial charge >= 0.3 is 0 Å². The van der Waals surface area contributed by atoms with Gasteiger partial charge in [-0.05, 0) is 37.2 Å². The summed E-state index contributed by atoms with van der Waals surface area (Å²) in [5.41, 5.74) is 5.48. The second-order valence-corrected chi connectivity index (χ2v) is 9.47. The van der Waals surface area contributed by atoms with Crippen molar-refractivity contribution in [3.63, 3.8) is 0 Å². The lowest BCUT2D eigenvalue weighted by molar-refractivity contribution is 0.471. The van der Waals surface area contributed by atoms with Crippen molar-refractivity contribution in [3.8, 4) is 0 Å². The number of thiophene rings is 2. The predicted octanol–water partition coefficient (Wildman–Crippen LogP) is 2.78. The van der Waals surface area contributed by atoms with Crippen LogP contribution in [-0.4, -0.2) is 26.3 Å². The highest BCUT2D eigenvalue weighted by atomic mass is 35.5. The molecule has 2 aromatic rings. The Morgan fingerprint density at radius 1 is 1.20 bits per heavy atom. The fourth-order valence-electron chi connectivity index (χ4n) is 1.67. The molecule has 0 aliphatic carbocycles. The van der Waals surface area contributed by atoms with Gasteiger partial charge in [-0.2, -0.15) is 4.31 Å². The average molecular weight is 351 g/mol. The van der Waals surface area contributed by atoms with E-state index in [2.05, 4.69) is 0 Å². The van der Waals surface area contributed by atoms with Crippen LogP contribution in [0.15, 0.2) is 28.5 Å². The smallest absolute Gasteiger partial charge is 0.252 e. The number of sulfonamides is 1. The number of hydrogen-bond acceptors (Lipinski definition) is 5. The summed E-state index contributed by atoms with van der Waals surface area (Å²) >= 11 is 8.52. The Kier molecular flexibility index (Phi) is 5.22. The van der Waals surface area contributed by atoms with Crippen LogP contribution in [0.4, 0.5) is 0 Å². The lowest BCUT2D eigenvalue weighted by Crippen LogP contribution is -2.25. The van der Waals surface area contributed by atoms with Crippen molar-refractivity contribution in [3.05, 3.63) is 38.4 Å². The van der Waals surface area contributed by atoms with Crippen molar-refractivity contribution in [1.29, 1.82) is 0 Å². The van der Waals surface area contributed by atoms with Crippen LogP contribution in [0.5, 0.6) is 0 Å². The molecule has 0 atom stereocenters. The van der Waals surface area contributed by atoms with Gasteiger partial charge in [-0.1, -0.05) is 11.6 Å². The first kappa shape index (κ1) is 15.9. The quantitative estimate of drug-likeness (QED) is 0.871. The van der Waals surface area contributed by atoms with Crippen LogP contribution in [0.1, 0.15) is 9.75 Å². The first-order valence-corrected chi connectivity index (χ1v) is 9.38. The molecule has 0 aliphatic rings. The zero-order chi connectivity index (χ0) is 14.8. The summed E-state index contributed by atoms with van der Waals surface area (Å²) < 4.78 is 27.2. The Hall–Kier alpha value is -0.440. The molecule has 20 heavy (non-hydrogen) atoms. The third-order valence-corrected chi connectivity index (χ3v) is 7.33. The minimum Gasteiger partial charge on any atom is -0.330 e. The highest BCUT2D eigenvalue weighted by molar-refractivity contribution is 7.91. The van der Waals surface area contributed by atoms with E-state index in [0.29, 0.717) is 28.1 Å². The van der Waals surface area contributed by atoms with Crippen molar-refractivity contribution < 1.29 is 8.42 Å². The molecule has 0 amide bonds. The molecule has 0 aromatic carbocycles. The van der Waals surface area contributed by atoms with Gasteiger partial charge in [0.15, 0.2) is 0 Å². The van der Waals surface area contributed by atoms with E-state index in [4.69, 9.17) is 17.3 Å². The molecule has 2 rings (SSSR count). The zero-order valence-corrected chi connectivity index (χ0v) is 14.1. The zero-order valence-electron chi connectivity index (χ0n) is 10.9. The van der Waals surface area contributed by atoms with Gasteiger partial charge in [-0.3, -0.25) is 0 Å². The van der Waals surface area contributed by atoms with E-state index in [1.165, 1.54) is 27.0 Å². The molecular formula is C12H15ClN2O2S3. The van der Waals surface area contributed by atoms with Crippen molar-refractivity contribution in [2.45, 2.75) is 17.2 Å². The molecule has 4 nitrogen and oxygen atoms in total. The van der Waals surface area contributed by atoms with E-state index in [1.807, 2.05) is 12.1 Å². The van der Waals surface area contributed by atoms with Gasteiger partial charge in [0, 0.05) is 23.3 Å². The maximum absolute atomic E-state index is 12.4. The second-order valence-electron chi connectivity index (χ2n) is 4.23. The molecular weight excluding hydrogens is 336 g/mol. The van der Waals surface area contributed by atoms with Gasteiger partial charge in [0.1, 0.15) is 4.21 Å². The van der Waals surface area contributed by atoms with Crippen molar-refractivity contribution in [2.75, 3.05) is 13.6 Å². The monoisotopic (exact) mass is 350 g/mol. The highest BCUT2D eigenvalue weighted by Gasteiger charge is 2.23. The number of rotatable bonds is 6. The van der Waals surface area contributed by atoms with Crippen LogP contribution in [0, 0.1) is 0 Å². The number of nitrogens with two attached hydrogens (primary N) is 1. The normalized spacial score (nSPS) is 12.2. The standard InChI is InChI=1S/C12H15ClN2O2S3/c1-15(8-10-2-4-11(13)18-10)20(16,17)12-5-3-9(19-12)6-7-14/h2-5H,6-8,14H2,1H3. The first-order valence-electron chi connectivity index (χ1n) is 5.93. The number of nitrogens with zero attached hydrogens (tertiary/aromatic N) is 1. The van der Waals surface area contributed by atoms with E-state index in [0.717, 1.165) is 9.75 Å². The number of hydrogen-bond donors (Lipinski definition) is 1. The Morgan fingerprint density at radius 2 is 1.90 bits per heavy atom. The molecule has 8 heteroatoms. The predicted molar refractivity (Wildman–Crippen MR) is 85.1 cm³/mol. The topological polar surface area (TPSA) is 63.4 Å². The third kappa shape index (κ3) is 3.60. The molecule has 0 radical (unpaired) electrons. The average Bonchev–Trinajstić information content (AvgIpc) is 2.99. The van der Waals surface area contributed by atoms with Gasteiger partial charge in [0.25, 0.3) is 10.0 Å². The molecule has 0 unspecified atom stereocenters. The molecule has 0 spiro atoms. The van der Waals surface area contributed by atoms with Crippen LogP contribution in [0.3, 0.4) is 0 Å². The Morgan fingerprint density at radius 3 is 2.50 bits per heavy atom. The van der Waals surface area contributed by atoms with Crippen molar-refractivity contribution in [2.24, 2.45) is 5.73 Å². The van der Waals surface area contributed by atoms with Crippen molar-refractivity contribution in [1.82, 2.24) is 4.31 Å². The van der Waals surface area contributed by atoms with Gasteiger partial charge in [-0.25, -0.2) is 8.42 Å². The molecule has 0 saturated carbocycles. The largest absolute Gasteiger partial charge is 0.330 e. The summed E-state index contributed by atoms with van der Waals surface area (Å²) in [6.07, 6.45) is 0.699. The van der Waals surface area contributed by atoms with Crippen molar-refractivity contribution >= 4 is 44.3 Å². The molecule has 0 saturated heterocycles. The van der Waals surface area contributed by atoms with E-state index in [9.17, 15) is 8.42 Å². The lowest BCUT2D eigenvalue weighted by Gasteiger charge is -2.14. The summed E-state index contributed by atoms with van der Waals surface area (Å²) in [7, 11) is -1.88. The van der Waals surface area contributed by atoms with Gasteiger partial charge in [0.05, 0.1) is 4.34 Å². The summed E-state index contributed by atoms with van der Waals surface area (Å²) in [6.45, 7) is 0.841. The van der Waals surface area contributed by atoms with E-state index in [-0.39, 0.29) is 0 Å². The number of halogens is 1. The molecule has 2 aromatic heterocycles. The van der Waals surface area contributed by atoms with Gasteiger partial charge < -0.3 is 5.73 Å². The summed E-state index contributed by atoms with van der Waals surface area (Å²) in [4.78, 5) is 1.90. The fraction of sp³-hybridized carbons (Fsp3) is 0.333. The SMILES string of the molecule is CN(Cc1ccc(Cl)s1)S(=O)(=O)c1ccc(CCN)s1.